The molecule has 1 aromatic carbocycles. The number of carbonyl (C=O) groups excluding carboxylic acids is 1. The van der Waals surface area contributed by atoms with Gasteiger partial charge in [0, 0.05) is 13.0 Å². The number of amides is 1. The van der Waals surface area contributed by atoms with Gasteiger partial charge in [0.05, 0.1) is 12.0 Å². The molecular formula is C20H25FN4O. The predicted octanol–water partition coefficient (Wildman–Crippen LogP) is 3.27. The fourth-order valence-electron chi connectivity index (χ4n) is 4.40. The van der Waals surface area contributed by atoms with Gasteiger partial charge in [-0.25, -0.2) is 4.39 Å². The summed E-state index contributed by atoms with van der Waals surface area (Å²) in [7, 11) is 0. The Balaban J connectivity index is 1.51. The highest BCUT2D eigenvalue weighted by atomic mass is 19.1. The van der Waals surface area contributed by atoms with Crippen molar-refractivity contribution >= 4 is 5.91 Å². The molecule has 1 saturated carbocycles. The zero-order valence-corrected chi connectivity index (χ0v) is 15.0. The molecule has 2 aromatic rings. The molecule has 1 aliphatic heterocycles. The van der Waals surface area contributed by atoms with Crippen molar-refractivity contribution in [2.24, 2.45) is 0 Å². The molecule has 0 bridgehead atoms. The number of hydrogen-bond donors (Lipinski definition) is 1. The van der Waals surface area contributed by atoms with E-state index in [4.69, 9.17) is 0 Å². The Morgan fingerprint density at radius 1 is 1.08 bits per heavy atom. The first-order valence-corrected chi connectivity index (χ1v) is 9.64. The highest BCUT2D eigenvalue weighted by Crippen LogP contribution is 2.41. The molecule has 4 rings (SSSR count). The van der Waals surface area contributed by atoms with Gasteiger partial charge < -0.3 is 9.88 Å². The first-order valence-electron chi connectivity index (χ1n) is 9.64. The van der Waals surface area contributed by atoms with Crippen molar-refractivity contribution in [3.8, 4) is 0 Å². The van der Waals surface area contributed by atoms with Gasteiger partial charge in [0.25, 0.3) is 0 Å². The van der Waals surface area contributed by atoms with Crippen molar-refractivity contribution < 1.29 is 9.18 Å². The Bertz CT molecular complexity index is 778. The molecule has 1 aromatic heterocycles. The Labute approximate surface area is 153 Å². The number of nitrogens with one attached hydrogen (secondary N) is 1. The average Bonchev–Trinajstić information content (AvgIpc) is 3.23. The third kappa shape index (κ3) is 3.13. The first kappa shape index (κ1) is 17.2. The minimum atomic E-state index is -0.546. The monoisotopic (exact) mass is 356 g/mol. The highest BCUT2D eigenvalue weighted by molar-refractivity contribution is 5.88. The minimum Gasteiger partial charge on any atom is -0.348 e. The predicted molar refractivity (Wildman–Crippen MR) is 96.0 cm³/mol. The molecule has 138 valence electrons. The lowest BCUT2D eigenvalue weighted by molar-refractivity contribution is -0.126. The summed E-state index contributed by atoms with van der Waals surface area (Å²) < 4.78 is 15.5. The summed E-state index contributed by atoms with van der Waals surface area (Å²) in [5.74, 6) is 1.62. The molecule has 2 aliphatic rings. The number of nitrogens with zero attached hydrogens (tertiary/aromatic N) is 3. The number of benzene rings is 1. The third-order valence-corrected chi connectivity index (χ3v) is 5.88. The van der Waals surface area contributed by atoms with Crippen molar-refractivity contribution in [2.45, 2.75) is 69.9 Å². The van der Waals surface area contributed by atoms with E-state index in [2.05, 4.69) is 20.1 Å². The van der Waals surface area contributed by atoms with Crippen molar-refractivity contribution in [2.75, 3.05) is 0 Å². The molecule has 2 heterocycles. The van der Waals surface area contributed by atoms with E-state index < -0.39 is 5.41 Å². The van der Waals surface area contributed by atoms with E-state index >= 15 is 0 Å². The van der Waals surface area contributed by atoms with Crippen LogP contribution in [-0.2, 0) is 29.7 Å². The second-order valence-electron chi connectivity index (χ2n) is 7.47. The lowest BCUT2D eigenvalue weighted by Crippen LogP contribution is -2.42. The molecule has 0 unspecified atom stereocenters. The molecule has 0 atom stereocenters. The normalized spacial score (nSPS) is 19.0. The smallest absolute Gasteiger partial charge is 0.231 e. The van der Waals surface area contributed by atoms with E-state index in [-0.39, 0.29) is 11.7 Å². The quantitative estimate of drug-likeness (QED) is 0.915. The van der Waals surface area contributed by atoms with Crippen molar-refractivity contribution in [1.29, 1.82) is 0 Å². The molecule has 0 radical (unpaired) electrons. The van der Waals surface area contributed by atoms with E-state index in [1.807, 2.05) is 0 Å². The molecular weight excluding hydrogens is 331 g/mol. The van der Waals surface area contributed by atoms with Crippen LogP contribution >= 0.6 is 0 Å². The number of rotatable bonds is 4. The van der Waals surface area contributed by atoms with Gasteiger partial charge in [-0.15, -0.1) is 10.2 Å². The second-order valence-corrected chi connectivity index (χ2v) is 7.47. The van der Waals surface area contributed by atoms with Crippen LogP contribution in [0.1, 0.15) is 62.2 Å². The maximum Gasteiger partial charge on any atom is 0.231 e. The zero-order chi connectivity index (χ0) is 18.0. The zero-order valence-electron chi connectivity index (χ0n) is 15.0. The van der Waals surface area contributed by atoms with Gasteiger partial charge >= 0.3 is 0 Å². The van der Waals surface area contributed by atoms with Gasteiger partial charge in [0.2, 0.25) is 5.91 Å². The fourth-order valence-corrected chi connectivity index (χ4v) is 4.40. The molecule has 1 N–H and O–H groups in total. The standard InChI is InChI=1S/C20H25FN4O/c21-16-9-7-15(8-10-16)20(11-3-4-12-20)19(26)22-14-18-24-23-17-6-2-1-5-13-25(17)18/h7-10H,1-6,11-14H2,(H,22,26). The lowest BCUT2D eigenvalue weighted by atomic mass is 9.78. The van der Waals surface area contributed by atoms with E-state index in [1.54, 1.807) is 12.1 Å². The van der Waals surface area contributed by atoms with Crippen LogP contribution in [0.15, 0.2) is 24.3 Å². The number of aromatic nitrogens is 3. The molecule has 1 fully saturated rings. The SMILES string of the molecule is O=C(NCc1nnc2n1CCCCC2)C1(c2ccc(F)cc2)CCCC1. The molecule has 26 heavy (non-hydrogen) atoms. The molecule has 1 aliphatic carbocycles. The van der Waals surface area contributed by atoms with Gasteiger partial charge in [-0.05, 0) is 43.4 Å². The van der Waals surface area contributed by atoms with Crippen LogP contribution < -0.4 is 5.32 Å². The van der Waals surface area contributed by atoms with Crippen LogP contribution in [0.25, 0.3) is 0 Å². The number of halogens is 1. The summed E-state index contributed by atoms with van der Waals surface area (Å²) in [5, 5.41) is 11.7. The highest BCUT2D eigenvalue weighted by Gasteiger charge is 2.42. The van der Waals surface area contributed by atoms with Crippen LogP contribution in [0.3, 0.4) is 0 Å². The largest absolute Gasteiger partial charge is 0.348 e. The first-order chi connectivity index (χ1) is 12.7. The summed E-state index contributed by atoms with van der Waals surface area (Å²) in [6.45, 7) is 1.32. The van der Waals surface area contributed by atoms with E-state index in [0.717, 1.165) is 68.7 Å². The summed E-state index contributed by atoms with van der Waals surface area (Å²) in [6, 6.07) is 6.40. The molecule has 5 nitrogen and oxygen atoms in total. The van der Waals surface area contributed by atoms with Crippen LogP contribution in [-0.4, -0.2) is 20.7 Å². The summed E-state index contributed by atoms with van der Waals surface area (Å²) in [6.07, 6.45) is 8.11. The van der Waals surface area contributed by atoms with Gasteiger partial charge in [0.1, 0.15) is 11.6 Å². The maximum atomic E-state index is 13.3. The second kappa shape index (κ2) is 7.17. The summed E-state index contributed by atoms with van der Waals surface area (Å²) in [5.41, 5.74) is 0.365. The number of fused-ring (bicyclic) bond motifs is 1. The molecule has 6 heteroatoms. The van der Waals surface area contributed by atoms with Gasteiger partial charge in [0.15, 0.2) is 5.82 Å². The summed E-state index contributed by atoms with van der Waals surface area (Å²) in [4.78, 5) is 13.1. The minimum absolute atomic E-state index is 0.0209. The van der Waals surface area contributed by atoms with Crippen LogP contribution in [0.2, 0.25) is 0 Å². The van der Waals surface area contributed by atoms with Crippen LogP contribution in [0, 0.1) is 5.82 Å². The Morgan fingerprint density at radius 3 is 2.62 bits per heavy atom. The summed E-state index contributed by atoms with van der Waals surface area (Å²) >= 11 is 0. The van der Waals surface area contributed by atoms with E-state index in [1.165, 1.54) is 18.6 Å². The Kier molecular flexibility index (Phi) is 4.74. The molecule has 0 spiro atoms. The lowest BCUT2D eigenvalue weighted by Gasteiger charge is -2.28. The van der Waals surface area contributed by atoms with Crippen molar-refractivity contribution in [1.82, 2.24) is 20.1 Å². The number of carbonyl (C=O) groups is 1. The van der Waals surface area contributed by atoms with Gasteiger partial charge in [-0.3, -0.25) is 4.79 Å². The topological polar surface area (TPSA) is 59.8 Å². The van der Waals surface area contributed by atoms with Gasteiger partial charge in [-0.2, -0.15) is 0 Å². The molecule has 0 saturated heterocycles. The third-order valence-electron chi connectivity index (χ3n) is 5.88. The number of hydrogen-bond acceptors (Lipinski definition) is 3. The average molecular weight is 356 g/mol. The fraction of sp³-hybridized carbons (Fsp3) is 0.550. The van der Waals surface area contributed by atoms with Crippen molar-refractivity contribution in [3.63, 3.8) is 0 Å². The van der Waals surface area contributed by atoms with E-state index in [9.17, 15) is 9.18 Å². The maximum absolute atomic E-state index is 13.3. The Morgan fingerprint density at radius 2 is 1.85 bits per heavy atom. The van der Waals surface area contributed by atoms with Gasteiger partial charge in [-0.1, -0.05) is 31.4 Å². The van der Waals surface area contributed by atoms with Crippen LogP contribution in [0.4, 0.5) is 4.39 Å². The Hall–Kier alpha value is -2.24. The van der Waals surface area contributed by atoms with Crippen molar-refractivity contribution in [3.05, 3.63) is 47.3 Å². The van der Waals surface area contributed by atoms with E-state index in [0.29, 0.717) is 6.54 Å². The van der Waals surface area contributed by atoms with Crippen LogP contribution in [0.5, 0.6) is 0 Å². The number of aryl methyl sites for hydroxylation is 1. The molecule has 1 amide bonds.